The van der Waals surface area contributed by atoms with Gasteiger partial charge < -0.3 is 15.2 Å². The fourth-order valence-corrected chi connectivity index (χ4v) is 1.49. The third-order valence-corrected chi connectivity index (χ3v) is 2.74. The Kier molecular flexibility index (Phi) is 4.16. The molecule has 0 spiro atoms. The molecule has 1 unspecified atom stereocenters. The predicted molar refractivity (Wildman–Crippen MR) is 52.7 cm³/mol. The van der Waals surface area contributed by atoms with Crippen LogP contribution in [0.4, 0.5) is 0 Å². The second-order valence-corrected chi connectivity index (χ2v) is 4.35. The van der Waals surface area contributed by atoms with Crippen LogP contribution in [0.25, 0.3) is 0 Å². The summed E-state index contributed by atoms with van der Waals surface area (Å²) in [6.07, 6.45) is 2.35. The van der Waals surface area contributed by atoms with Gasteiger partial charge in [-0.1, -0.05) is 6.92 Å². The van der Waals surface area contributed by atoms with E-state index in [4.69, 9.17) is 9.84 Å². The number of hydrogen-bond donors (Lipinski definition) is 2. The molecule has 0 aliphatic heterocycles. The van der Waals surface area contributed by atoms with Crippen LogP contribution >= 0.6 is 0 Å². The SMILES string of the molecule is COCC(C)CNCC1(CO)CC1. The first kappa shape index (κ1) is 11.0. The van der Waals surface area contributed by atoms with Crippen LogP contribution in [0.2, 0.25) is 0 Å². The zero-order valence-electron chi connectivity index (χ0n) is 8.68. The summed E-state index contributed by atoms with van der Waals surface area (Å²) in [5.41, 5.74) is 0.229. The topological polar surface area (TPSA) is 41.5 Å². The summed E-state index contributed by atoms with van der Waals surface area (Å²) in [4.78, 5) is 0. The smallest absolute Gasteiger partial charge is 0.0499 e. The monoisotopic (exact) mass is 187 g/mol. The van der Waals surface area contributed by atoms with Crippen molar-refractivity contribution in [3.63, 3.8) is 0 Å². The fourth-order valence-electron chi connectivity index (χ4n) is 1.49. The third kappa shape index (κ3) is 3.63. The predicted octanol–water partition coefficient (Wildman–Crippen LogP) is 0.631. The largest absolute Gasteiger partial charge is 0.396 e. The highest BCUT2D eigenvalue weighted by molar-refractivity contribution is 4.94. The summed E-state index contributed by atoms with van der Waals surface area (Å²) in [6, 6.07) is 0. The van der Waals surface area contributed by atoms with Gasteiger partial charge in [0.05, 0.1) is 0 Å². The fraction of sp³-hybridized carbons (Fsp3) is 1.00. The maximum absolute atomic E-state index is 9.06. The number of ether oxygens (including phenoxy) is 1. The molecule has 3 nitrogen and oxygen atoms in total. The van der Waals surface area contributed by atoms with Gasteiger partial charge in [-0.25, -0.2) is 0 Å². The molecule has 1 aliphatic carbocycles. The summed E-state index contributed by atoms with van der Waals surface area (Å²) >= 11 is 0. The van der Waals surface area contributed by atoms with E-state index in [0.29, 0.717) is 12.5 Å². The van der Waals surface area contributed by atoms with Crippen molar-refractivity contribution >= 4 is 0 Å². The van der Waals surface area contributed by atoms with Crippen LogP contribution in [-0.2, 0) is 4.74 Å². The quantitative estimate of drug-likeness (QED) is 0.614. The molecule has 0 aromatic carbocycles. The first-order valence-corrected chi connectivity index (χ1v) is 5.03. The molecule has 0 heterocycles. The van der Waals surface area contributed by atoms with Gasteiger partial charge in [-0.05, 0) is 25.3 Å². The number of rotatable bonds is 7. The van der Waals surface area contributed by atoms with Gasteiger partial charge in [-0.15, -0.1) is 0 Å². The molecule has 0 bridgehead atoms. The molecule has 1 aliphatic rings. The molecule has 0 saturated heterocycles. The van der Waals surface area contributed by atoms with E-state index in [1.165, 1.54) is 12.8 Å². The van der Waals surface area contributed by atoms with Gasteiger partial charge in [0.2, 0.25) is 0 Å². The van der Waals surface area contributed by atoms with Crippen LogP contribution in [0.5, 0.6) is 0 Å². The Morgan fingerprint density at radius 1 is 1.54 bits per heavy atom. The van der Waals surface area contributed by atoms with Gasteiger partial charge in [0, 0.05) is 32.3 Å². The lowest BCUT2D eigenvalue weighted by Crippen LogP contribution is -2.31. The molecule has 0 radical (unpaired) electrons. The lowest BCUT2D eigenvalue weighted by Gasteiger charge is -2.15. The second kappa shape index (κ2) is 4.94. The van der Waals surface area contributed by atoms with Crippen LogP contribution in [0, 0.1) is 11.3 Å². The molecule has 13 heavy (non-hydrogen) atoms. The Balaban J connectivity index is 2.00. The third-order valence-electron chi connectivity index (χ3n) is 2.74. The van der Waals surface area contributed by atoms with E-state index >= 15 is 0 Å². The van der Waals surface area contributed by atoms with Crippen LogP contribution in [0.3, 0.4) is 0 Å². The number of nitrogens with one attached hydrogen (secondary N) is 1. The van der Waals surface area contributed by atoms with Gasteiger partial charge in [0.1, 0.15) is 0 Å². The average molecular weight is 187 g/mol. The van der Waals surface area contributed by atoms with Crippen molar-refractivity contribution in [1.29, 1.82) is 0 Å². The summed E-state index contributed by atoms with van der Waals surface area (Å²) in [6.45, 7) is 5.24. The van der Waals surface area contributed by atoms with Crippen molar-refractivity contribution in [1.82, 2.24) is 5.32 Å². The molecule has 1 atom stereocenters. The van der Waals surface area contributed by atoms with Gasteiger partial charge in [0.25, 0.3) is 0 Å². The molecule has 0 amide bonds. The van der Waals surface area contributed by atoms with Gasteiger partial charge in [-0.3, -0.25) is 0 Å². The van der Waals surface area contributed by atoms with Crippen LogP contribution < -0.4 is 5.32 Å². The minimum Gasteiger partial charge on any atom is -0.396 e. The van der Waals surface area contributed by atoms with Crippen molar-refractivity contribution in [2.75, 3.05) is 33.4 Å². The maximum Gasteiger partial charge on any atom is 0.0499 e. The summed E-state index contributed by atoms with van der Waals surface area (Å²) in [7, 11) is 1.73. The van der Waals surface area contributed by atoms with E-state index in [1.807, 2.05) is 0 Å². The lowest BCUT2D eigenvalue weighted by molar-refractivity contribution is 0.154. The Bertz CT molecular complexity index is 146. The van der Waals surface area contributed by atoms with Crippen LogP contribution in [0.1, 0.15) is 19.8 Å². The van der Waals surface area contributed by atoms with Crippen molar-refractivity contribution in [3.8, 4) is 0 Å². The van der Waals surface area contributed by atoms with Crippen molar-refractivity contribution in [2.45, 2.75) is 19.8 Å². The number of methoxy groups -OCH3 is 1. The highest BCUT2D eigenvalue weighted by atomic mass is 16.5. The zero-order valence-corrected chi connectivity index (χ0v) is 8.68. The zero-order chi connectivity index (χ0) is 9.73. The van der Waals surface area contributed by atoms with Crippen molar-refractivity contribution in [2.24, 2.45) is 11.3 Å². The van der Waals surface area contributed by atoms with E-state index in [9.17, 15) is 0 Å². The van der Waals surface area contributed by atoms with Crippen LogP contribution in [-0.4, -0.2) is 38.5 Å². The Morgan fingerprint density at radius 2 is 2.23 bits per heavy atom. The number of hydrogen-bond acceptors (Lipinski definition) is 3. The van der Waals surface area contributed by atoms with E-state index in [0.717, 1.165) is 19.7 Å². The number of aliphatic hydroxyl groups is 1. The molecule has 2 N–H and O–H groups in total. The van der Waals surface area contributed by atoms with E-state index in [2.05, 4.69) is 12.2 Å². The molecule has 1 saturated carbocycles. The first-order valence-electron chi connectivity index (χ1n) is 5.03. The summed E-state index contributed by atoms with van der Waals surface area (Å²) in [5, 5.41) is 12.4. The molecule has 1 fully saturated rings. The van der Waals surface area contributed by atoms with E-state index < -0.39 is 0 Å². The maximum atomic E-state index is 9.06. The molecular weight excluding hydrogens is 166 g/mol. The minimum absolute atomic E-state index is 0.229. The van der Waals surface area contributed by atoms with Gasteiger partial charge in [0.15, 0.2) is 0 Å². The van der Waals surface area contributed by atoms with E-state index in [-0.39, 0.29) is 5.41 Å². The summed E-state index contributed by atoms with van der Waals surface area (Å²) in [5.74, 6) is 0.555. The highest BCUT2D eigenvalue weighted by Gasteiger charge is 2.41. The van der Waals surface area contributed by atoms with Gasteiger partial charge in [-0.2, -0.15) is 0 Å². The van der Waals surface area contributed by atoms with Crippen molar-refractivity contribution in [3.05, 3.63) is 0 Å². The molecule has 0 aromatic heterocycles. The Morgan fingerprint density at radius 3 is 2.69 bits per heavy atom. The van der Waals surface area contributed by atoms with Crippen LogP contribution in [0.15, 0.2) is 0 Å². The normalized spacial score (nSPS) is 21.5. The average Bonchev–Trinajstić information content (AvgIpc) is 2.86. The molecule has 1 rings (SSSR count). The standard InChI is InChI=1S/C10H21NO2/c1-9(6-13-2)5-11-7-10(8-12)3-4-10/h9,11-12H,3-8H2,1-2H3. The first-order chi connectivity index (χ1) is 6.22. The minimum atomic E-state index is 0.229. The van der Waals surface area contributed by atoms with Gasteiger partial charge >= 0.3 is 0 Å². The van der Waals surface area contributed by atoms with E-state index in [1.54, 1.807) is 7.11 Å². The van der Waals surface area contributed by atoms with Crippen molar-refractivity contribution < 1.29 is 9.84 Å². The lowest BCUT2D eigenvalue weighted by atomic mass is 10.1. The molecule has 0 aromatic rings. The Hall–Kier alpha value is -0.120. The molecule has 3 heteroatoms. The Labute approximate surface area is 80.5 Å². The number of aliphatic hydroxyl groups excluding tert-OH is 1. The molecule has 78 valence electrons. The highest BCUT2D eigenvalue weighted by Crippen LogP contribution is 2.44. The summed E-state index contributed by atoms with van der Waals surface area (Å²) < 4.78 is 5.04. The second-order valence-electron chi connectivity index (χ2n) is 4.35. The molecular formula is C10H21NO2.